The predicted molar refractivity (Wildman–Crippen MR) is 82.9 cm³/mol. The van der Waals surface area contributed by atoms with Gasteiger partial charge in [-0.25, -0.2) is 0 Å². The highest BCUT2D eigenvalue weighted by Crippen LogP contribution is 2.58. The molecule has 3 heteroatoms. The van der Waals surface area contributed by atoms with E-state index >= 15 is 0 Å². The van der Waals surface area contributed by atoms with E-state index in [0.29, 0.717) is 0 Å². The van der Waals surface area contributed by atoms with Gasteiger partial charge in [0, 0.05) is 24.2 Å². The molecule has 2 N–H and O–H groups in total. The van der Waals surface area contributed by atoms with Gasteiger partial charge < -0.3 is 10.0 Å². The predicted octanol–water partition coefficient (Wildman–Crippen LogP) is 2.27. The molecule has 3 atom stereocenters. The fourth-order valence-electron chi connectivity index (χ4n) is 4.18. The minimum atomic E-state index is -0.0462. The normalized spacial score (nSPS) is 32.1. The zero-order valence-corrected chi connectivity index (χ0v) is 12.6. The number of anilines is 1. The third-order valence-electron chi connectivity index (χ3n) is 5.46. The van der Waals surface area contributed by atoms with Gasteiger partial charge in [0.1, 0.15) is 0 Å². The molecule has 108 valence electrons. The van der Waals surface area contributed by atoms with Crippen LogP contribution in [0.2, 0.25) is 0 Å². The highest BCUT2D eigenvalue weighted by molar-refractivity contribution is 5.66. The van der Waals surface area contributed by atoms with Gasteiger partial charge in [-0.2, -0.15) is 0 Å². The summed E-state index contributed by atoms with van der Waals surface area (Å²) in [5, 5.41) is 13.2. The first kappa shape index (κ1) is 13.7. The molecule has 2 aliphatic heterocycles. The molecule has 3 nitrogen and oxygen atoms in total. The minimum Gasteiger partial charge on any atom is -0.395 e. The summed E-state index contributed by atoms with van der Waals surface area (Å²) in [6, 6.07) is 8.77. The fourth-order valence-corrected chi connectivity index (χ4v) is 4.18. The molecule has 1 fully saturated rings. The highest BCUT2D eigenvalue weighted by atomic mass is 16.3. The van der Waals surface area contributed by atoms with Crippen molar-refractivity contribution in [2.75, 3.05) is 18.6 Å². The second-order valence-electron chi connectivity index (χ2n) is 6.68. The molecule has 0 amide bonds. The average Bonchev–Trinajstić information content (AvgIpc) is 2.96. The number of aliphatic hydroxyl groups excluding tert-OH is 1. The van der Waals surface area contributed by atoms with E-state index in [1.807, 2.05) is 0 Å². The zero-order valence-electron chi connectivity index (χ0n) is 12.6. The Morgan fingerprint density at radius 3 is 2.85 bits per heavy atom. The van der Waals surface area contributed by atoms with Crippen LogP contribution in [0.1, 0.15) is 25.8 Å². The molecule has 2 heterocycles. The van der Waals surface area contributed by atoms with E-state index in [2.05, 4.69) is 68.0 Å². The molecule has 0 bridgehead atoms. The van der Waals surface area contributed by atoms with Gasteiger partial charge in [0.15, 0.2) is 0 Å². The van der Waals surface area contributed by atoms with Crippen molar-refractivity contribution >= 4 is 5.69 Å². The highest BCUT2D eigenvalue weighted by Gasteiger charge is 2.61. The molecule has 0 saturated carbocycles. The molecule has 1 aromatic rings. The maximum atomic E-state index is 9.60. The van der Waals surface area contributed by atoms with Gasteiger partial charge in [-0.1, -0.05) is 38.1 Å². The maximum absolute atomic E-state index is 9.60. The molecule has 0 spiro atoms. The number of aliphatic hydroxyl groups is 1. The topological polar surface area (TPSA) is 35.5 Å². The van der Waals surface area contributed by atoms with Crippen LogP contribution < -0.4 is 10.2 Å². The Hall–Kier alpha value is -1.32. The Labute approximate surface area is 121 Å². The van der Waals surface area contributed by atoms with Gasteiger partial charge in [0.2, 0.25) is 0 Å². The van der Waals surface area contributed by atoms with Crippen molar-refractivity contribution in [2.24, 2.45) is 5.41 Å². The number of benzene rings is 1. The van der Waals surface area contributed by atoms with E-state index < -0.39 is 0 Å². The van der Waals surface area contributed by atoms with Crippen LogP contribution in [-0.4, -0.2) is 31.0 Å². The number of likely N-dealkylation sites (N-methyl/N-ethyl adjacent to an activating group) is 1. The van der Waals surface area contributed by atoms with Crippen molar-refractivity contribution < 1.29 is 5.11 Å². The summed E-state index contributed by atoms with van der Waals surface area (Å²) in [5.41, 5.74) is 2.58. The number of nitrogens with one attached hydrogen (secondary N) is 1. The van der Waals surface area contributed by atoms with E-state index in [1.54, 1.807) is 0 Å². The number of hydrogen-bond donors (Lipinski definition) is 2. The van der Waals surface area contributed by atoms with Crippen molar-refractivity contribution in [1.29, 1.82) is 0 Å². The lowest BCUT2D eigenvalue weighted by Crippen LogP contribution is -2.53. The van der Waals surface area contributed by atoms with Crippen LogP contribution in [0.3, 0.4) is 0 Å². The molecule has 20 heavy (non-hydrogen) atoms. The first-order valence-electron chi connectivity index (χ1n) is 7.31. The fraction of sp³-hybridized carbons (Fsp3) is 0.529. The zero-order chi connectivity index (χ0) is 14.5. The van der Waals surface area contributed by atoms with Gasteiger partial charge in [0.05, 0.1) is 12.8 Å². The number of rotatable bonds is 3. The lowest BCUT2D eigenvalue weighted by atomic mass is 9.60. The van der Waals surface area contributed by atoms with Crippen LogP contribution in [0.25, 0.3) is 0 Å². The summed E-state index contributed by atoms with van der Waals surface area (Å²) in [6.07, 6.45) is 3.22. The quantitative estimate of drug-likeness (QED) is 0.829. The van der Waals surface area contributed by atoms with Crippen LogP contribution in [0.15, 0.2) is 36.9 Å². The summed E-state index contributed by atoms with van der Waals surface area (Å²) in [7, 11) is 2.14. The van der Waals surface area contributed by atoms with Crippen LogP contribution in [0.5, 0.6) is 0 Å². The molecule has 0 aromatic heterocycles. The number of para-hydroxylation sites is 1. The van der Waals surface area contributed by atoms with Crippen molar-refractivity contribution in [3.05, 3.63) is 42.5 Å². The van der Waals surface area contributed by atoms with Crippen molar-refractivity contribution in [3.8, 4) is 0 Å². The molecule has 2 aliphatic rings. The number of nitrogens with zero attached hydrogens (tertiary/aromatic N) is 1. The van der Waals surface area contributed by atoms with Gasteiger partial charge >= 0.3 is 0 Å². The average molecular weight is 272 g/mol. The number of hydrogen-bond acceptors (Lipinski definition) is 3. The van der Waals surface area contributed by atoms with E-state index in [0.717, 1.165) is 6.42 Å². The van der Waals surface area contributed by atoms with Crippen LogP contribution in [0.4, 0.5) is 5.69 Å². The van der Waals surface area contributed by atoms with Crippen LogP contribution in [-0.2, 0) is 5.41 Å². The molecule has 1 saturated heterocycles. The molecule has 3 rings (SSSR count). The summed E-state index contributed by atoms with van der Waals surface area (Å²) >= 11 is 0. The summed E-state index contributed by atoms with van der Waals surface area (Å²) in [6.45, 7) is 8.76. The first-order chi connectivity index (χ1) is 9.48. The molecular weight excluding hydrogens is 248 g/mol. The number of fused-ring (bicyclic) bond motifs is 3. The maximum Gasteiger partial charge on any atom is 0.0903 e. The monoisotopic (exact) mass is 272 g/mol. The van der Waals surface area contributed by atoms with E-state index in [9.17, 15) is 5.11 Å². The standard InChI is InChI=1S/C17H24N2O/c1-5-16(2,3)17-10-12(11-20)18-15(17)19(4)14-9-7-6-8-13(14)17/h5-9,12,15,18,20H,1,10-11H2,2-4H3/t12-,15+,17+/m0/s1. The van der Waals surface area contributed by atoms with Crippen LogP contribution in [0, 0.1) is 5.41 Å². The van der Waals surface area contributed by atoms with Crippen molar-refractivity contribution in [2.45, 2.75) is 37.9 Å². The first-order valence-corrected chi connectivity index (χ1v) is 7.31. The lowest BCUT2D eigenvalue weighted by Gasteiger charge is -2.43. The largest absolute Gasteiger partial charge is 0.395 e. The van der Waals surface area contributed by atoms with Gasteiger partial charge in [-0.05, 0) is 23.5 Å². The Kier molecular flexibility index (Phi) is 2.96. The second kappa shape index (κ2) is 4.34. The molecule has 0 unspecified atom stereocenters. The summed E-state index contributed by atoms with van der Waals surface area (Å²) in [4.78, 5) is 2.32. The van der Waals surface area contributed by atoms with Crippen molar-refractivity contribution in [3.63, 3.8) is 0 Å². The summed E-state index contributed by atoms with van der Waals surface area (Å²) < 4.78 is 0. The molecule has 0 radical (unpaired) electrons. The molecule has 0 aliphatic carbocycles. The Bertz CT molecular complexity index is 540. The lowest BCUT2D eigenvalue weighted by molar-refractivity contribution is 0.200. The Morgan fingerprint density at radius 2 is 2.20 bits per heavy atom. The SMILES string of the molecule is C=CC(C)(C)[C@@]12C[C@@H](CO)N[C@@H]1N(C)c1ccccc12. The van der Waals surface area contributed by atoms with Gasteiger partial charge in [0.25, 0.3) is 0 Å². The summed E-state index contributed by atoms with van der Waals surface area (Å²) in [5.74, 6) is 0. The Morgan fingerprint density at radius 1 is 1.50 bits per heavy atom. The second-order valence-corrected chi connectivity index (χ2v) is 6.68. The van der Waals surface area contributed by atoms with E-state index in [1.165, 1.54) is 11.3 Å². The van der Waals surface area contributed by atoms with Gasteiger partial charge in [-0.15, -0.1) is 6.58 Å². The van der Waals surface area contributed by atoms with Crippen molar-refractivity contribution in [1.82, 2.24) is 5.32 Å². The smallest absolute Gasteiger partial charge is 0.0903 e. The van der Waals surface area contributed by atoms with Gasteiger partial charge in [-0.3, -0.25) is 5.32 Å². The van der Waals surface area contributed by atoms with E-state index in [4.69, 9.17) is 0 Å². The third kappa shape index (κ3) is 1.48. The third-order valence-corrected chi connectivity index (χ3v) is 5.46. The van der Waals surface area contributed by atoms with E-state index in [-0.39, 0.29) is 29.6 Å². The molecule has 1 aromatic carbocycles. The molecular formula is C17H24N2O. The number of allylic oxidation sites excluding steroid dienone is 1. The Balaban J connectivity index is 2.22. The van der Waals surface area contributed by atoms with Crippen LogP contribution >= 0.6 is 0 Å². The minimum absolute atomic E-state index is 0.0342.